The number of carbonyl (C=O) groups excluding carboxylic acids is 1. The number of carbonyl (C=O) groups is 1. The molecule has 0 aliphatic carbocycles. The molecule has 2 N–H and O–H groups in total. The van der Waals surface area contributed by atoms with E-state index in [1.165, 1.54) is 25.3 Å². The van der Waals surface area contributed by atoms with Crippen molar-refractivity contribution in [1.82, 2.24) is 20.6 Å². The van der Waals surface area contributed by atoms with Crippen LogP contribution >= 0.6 is 0 Å². The number of rotatable bonds is 4. The third kappa shape index (κ3) is 2.46. The molecule has 10 nitrogen and oxygen atoms in total. The molecule has 0 aliphatic heterocycles. The minimum absolute atomic E-state index is 0.00616. The Hall–Kier alpha value is -3.04. The lowest BCUT2D eigenvalue weighted by Gasteiger charge is -2.06. The number of nitro groups is 1. The lowest BCUT2D eigenvalue weighted by molar-refractivity contribution is -0.386. The molecule has 2 aromatic rings. The number of anilines is 1. The zero-order valence-corrected chi connectivity index (χ0v) is 9.65. The van der Waals surface area contributed by atoms with Crippen LogP contribution < -0.4 is 10.1 Å². The Labute approximate surface area is 105 Å². The Balaban J connectivity index is 2.38. The molecule has 19 heavy (non-hydrogen) atoms. The van der Waals surface area contributed by atoms with E-state index in [1.807, 2.05) is 0 Å². The standard InChI is InChI=1S/C9H8N6O4/c1-19-6-4-2-3-5(7(6)15(17)18)8(16)10-9-11-13-14-12-9/h2-4H,1H3,(H2,10,11,12,13,14,16). The summed E-state index contributed by atoms with van der Waals surface area (Å²) in [4.78, 5) is 22.2. The maximum atomic E-state index is 11.9. The van der Waals surface area contributed by atoms with Gasteiger partial charge in [0.2, 0.25) is 5.95 Å². The van der Waals surface area contributed by atoms with Crippen molar-refractivity contribution in [1.29, 1.82) is 0 Å². The van der Waals surface area contributed by atoms with Crippen molar-refractivity contribution in [3.8, 4) is 5.75 Å². The number of nitrogens with one attached hydrogen (secondary N) is 2. The van der Waals surface area contributed by atoms with Crippen LogP contribution in [0.1, 0.15) is 10.4 Å². The van der Waals surface area contributed by atoms with E-state index in [2.05, 4.69) is 25.9 Å². The van der Waals surface area contributed by atoms with Gasteiger partial charge in [-0.3, -0.25) is 20.2 Å². The number of amides is 1. The summed E-state index contributed by atoms with van der Waals surface area (Å²) in [5.41, 5.74) is -0.573. The number of para-hydroxylation sites is 1. The van der Waals surface area contributed by atoms with Crippen LogP contribution in [0.25, 0.3) is 0 Å². The van der Waals surface area contributed by atoms with Crippen LogP contribution in [0.5, 0.6) is 5.75 Å². The summed E-state index contributed by atoms with van der Waals surface area (Å²) in [6.45, 7) is 0. The molecule has 0 bridgehead atoms. The lowest BCUT2D eigenvalue weighted by Crippen LogP contribution is -2.15. The molecule has 0 aliphatic rings. The molecule has 0 unspecified atom stereocenters. The Morgan fingerprint density at radius 1 is 1.53 bits per heavy atom. The quantitative estimate of drug-likeness (QED) is 0.601. The molecule has 0 fully saturated rings. The molecule has 1 heterocycles. The van der Waals surface area contributed by atoms with Crippen LogP contribution in [0.2, 0.25) is 0 Å². The summed E-state index contributed by atoms with van der Waals surface area (Å²) in [7, 11) is 1.28. The highest BCUT2D eigenvalue weighted by Gasteiger charge is 2.25. The molecule has 0 atom stereocenters. The second-order valence-electron chi connectivity index (χ2n) is 3.32. The fraction of sp³-hybridized carbons (Fsp3) is 0.111. The van der Waals surface area contributed by atoms with E-state index < -0.39 is 16.5 Å². The molecule has 1 aromatic carbocycles. The Morgan fingerprint density at radius 2 is 2.32 bits per heavy atom. The minimum atomic E-state index is -0.718. The van der Waals surface area contributed by atoms with Gasteiger partial charge in [0.05, 0.1) is 12.0 Å². The number of methoxy groups -OCH3 is 1. The number of tetrazole rings is 1. The summed E-state index contributed by atoms with van der Waals surface area (Å²) >= 11 is 0. The highest BCUT2D eigenvalue weighted by atomic mass is 16.6. The number of benzene rings is 1. The highest BCUT2D eigenvalue weighted by Crippen LogP contribution is 2.30. The minimum Gasteiger partial charge on any atom is -0.490 e. The average molecular weight is 264 g/mol. The monoisotopic (exact) mass is 264 g/mol. The van der Waals surface area contributed by atoms with Gasteiger partial charge in [-0.25, -0.2) is 5.10 Å². The van der Waals surface area contributed by atoms with Crippen LogP contribution in [-0.4, -0.2) is 38.6 Å². The Kier molecular flexibility index (Phi) is 3.32. The molecule has 2 rings (SSSR count). The Bertz CT molecular complexity index is 611. The van der Waals surface area contributed by atoms with Crippen LogP contribution in [0, 0.1) is 10.1 Å². The van der Waals surface area contributed by atoms with Gasteiger partial charge >= 0.3 is 5.69 Å². The number of aromatic amines is 1. The number of H-pyrrole nitrogens is 1. The van der Waals surface area contributed by atoms with Gasteiger partial charge in [-0.1, -0.05) is 11.2 Å². The van der Waals surface area contributed by atoms with Crippen molar-refractivity contribution in [3.05, 3.63) is 33.9 Å². The second kappa shape index (κ2) is 5.08. The molecular weight excluding hydrogens is 256 g/mol. The summed E-state index contributed by atoms with van der Waals surface area (Å²) < 4.78 is 4.86. The first kappa shape index (κ1) is 12.4. The SMILES string of the molecule is COc1cccc(C(=O)Nc2nnn[nH]2)c1[N+](=O)[O-]. The predicted molar refractivity (Wildman–Crippen MR) is 61.8 cm³/mol. The molecule has 1 amide bonds. The zero-order chi connectivity index (χ0) is 13.8. The van der Waals surface area contributed by atoms with Gasteiger partial charge in [0, 0.05) is 0 Å². The summed E-state index contributed by atoms with van der Waals surface area (Å²) in [6.07, 6.45) is 0. The average Bonchev–Trinajstić information content (AvgIpc) is 2.90. The van der Waals surface area contributed by atoms with Gasteiger partial charge in [0.25, 0.3) is 5.91 Å². The van der Waals surface area contributed by atoms with Gasteiger partial charge < -0.3 is 4.74 Å². The molecule has 0 radical (unpaired) electrons. The van der Waals surface area contributed by atoms with Gasteiger partial charge in [0.15, 0.2) is 5.75 Å². The second-order valence-corrected chi connectivity index (χ2v) is 3.32. The molecule has 98 valence electrons. The van der Waals surface area contributed by atoms with Gasteiger partial charge in [-0.15, -0.1) is 0 Å². The summed E-state index contributed by atoms with van der Waals surface area (Å²) in [6, 6.07) is 4.17. The number of hydrogen-bond acceptors (Lipinski definition) is 7. The van der Waals surface area contributed by atoms with Gasteiger partial charge in [0.1, 0.15) is 5.56 Å². The number of hydrogen-bond donors (Lipinski definition) is 2. The van der Waals surface area contributed by atoms with Crippen molar-refractivity contribution in [2.24, 2.45) is 0 Å². The lowest BCUT2D eigenvalue weighted by atomic mass is 10.1. The zero-order valence-electron chi connectivity index (χ0n) is 9.65. The van der Waals surface area contributed by atoms with Crippen molar-refractivity contribution in [2.75, 3.05) is 12.4 Å². The topological polar surface area (TPSA) is 136 Å². The largest absolute Gasteiger partial charge is 0.490 e. The summed E-state index contributed by atoms with van der Waals surface area (Å²) in [5.74, 6) is -0.736. The van der Waals surface area contributed by atoms with Gasteiger partial charge in [-0.2, -0.15) is 0 Å². The van der Waals surface area contributed by atoms with Gasteiger partial charge in [-0.05, 0) is 22.6 Å². The van der Waals surface area contributed by atoms with E-state index in [4.69, 9.17) is 4.74 Å². The van der Waals surface area contributed by atoms with Crippen molar-refractivity contribution < 1.29 is 14.5 Å². The van der Waals surface area contributed by atoms with E-state index in [-0.39, 0.29) is 17.3 Å². The number of ether oxygens (including phenoxy) is 1. The number of nitro benzene ring substituents is 1. The Morgan fingerprint density at radius 3 is 2.89 bits per heavy atom. The van der Waals surface area contributed by atoms with Crippen molar-refractivity contribution in [3.63, 3.8) is 0 Å². The van der Waals surface area contributed by atoms with Crippen LogP contribution in [0.3, 0.4) is 0 Å². The third-order valence-corrected chi connectivity index (χ3v) is 2.22. The number of aromatic nitrogens is 4. The first-order chi connectivity index (χ1) is 9.13. The van der Waals surface area contributed by atoms with E-state index in [0.29, 0.717) is 0 Å². The van der Waals surface area contributed by atoms with E-state index >= 15 is 0 Å². The van der Waals surface area contributed by atoms with Crippen molar-refractivity contribution in [2.45, 2.75) is 0 Å². The first-order valence-corrected chi connectivity index (χ1v) is 5.00. The third-order valence-electron chi connectivity index (χ3n) is 2.22. The normalized spacial score (nSPS) is 9.95. The molecular formula is C9H8N6O4. The molecule has 0 saturated carbocycles. The van der Waals surface area contributed by atoms with Crippen LogP contribution in [-0.2, 0) is 0 Å². The maximum Gasteiger partial charge on any atom is 0.323 e. The highest BCUT2D eigenvalue weighted by molar-refractivity contribution is 6.06. The van der Waals surface area contributed by atoms with Crippen LogP contribution in [0.15, 0.2) is 18.2 Å². The molecule has 10 heteroatoms. The smallest absolute Gasteiger partial charge is 0.323 e. The summed E-state index contributed by atoms with van der Waals surface area (Å²) in [5, 5.41) is 25.6. The molecule has 0 spiro atoms. The fourth-order valence-electron chi connectivity index (χ4n) is 1.45. The maximum absolute atomic E-state index is 11.9. The fourth-order valence-corrected chi connectivity index (χ4v) is 1.45. The number of nitrogens with zero attached hydrogens (tertiary/aromatic N) is 4. The van der Waals surface area contributed by atoms with Crippen molar-refractivity contribution >= 4 is 17.5 Å². The predicted octanol–water partition coefficient (Wildman–Crippen LogP) is 0.369. The van der Waals surface area contributed by atoms with E-state index in [9.17, 15) is 14.9 Å². The first-order valence-electron chi connectivity index (χ1n) is 5.00. The van der Waals surface area contributed by atoms with E-state index in [0.717, 1.165) is 0 Å². The molecule has 1 aromatic heterocycles. The van der Waals surface area contributed by atoms with Crippen LogP contribution in [0.4, 0.5) is 11.6 Å². The van der Waals surface area contributed by atoms with E-state index in [1.54, 1.807) is 0 Å². The molecule has 0 saturated heterocycles.